The first-order chi connectivity index (χ1) is 6.68. The predicted molar refractivity (Wildman–Crippen MR) is 54.4 cm³/mol. The smallest absolute Gasteiger partial charge is 0.125 e. The fraction of sp³-hybridized carbons (Fsp3) is 0.600. The van der Waals surface area contributed by atoms with E-state index in [1.165, 1.54) is 0 Å². The Kier molecular flexibility index (Phi) is 4.49. The predicted octanol–water partition coefficient (Wildman–Crippen LogP) is 1.46. The molecule has 1 heterocycles. The van der Waals surface area contributed by atoms with Gasteiger partial charge >= 0.3 is 0 Å². The van der Waals surface area contributed by atoms with E-state index in [2.05, 4.69) is 29.3 Å². The second kappa shape index (κ2) is 5.67. The maximum absolute atomic E-state index is 5.23. The Hall–Kier alpha value is -1.00. The van der Waals surface area contributed by atoms with Gasteiger partial charge in [0.1, 0.15) is 5.82 Å². The van der Waals surface area contributed by atoms with Crippen LogP contribution in [0.2, 0.25) is 0 Å². The first kappa shape index (κ1) is 11.1. The Labute approximate surface area is 84.7 Å². The van der Waals surface area contributed by atoms with Gasteiger partial charge in [0.2, 0.25) is 0 Å². The summed E-state index contributed by atoms with van der Waals surface area (Å²) >= 11 is 0. The Morgan fingerprint density at radius 2 is 2.29 bits per heavy atom. The van der Waals surface area contributed by atoms with Crippen LogP contribution in [0.3, 0.4) is 0 Å². The third-order valence-electron chi connectivity index (χ3n) is 1.61. The molecule has 0 bridgehead atoms. The zero-order chi connectivity index (χ0) is 10.4. The third-order valence-corrected chi connectivity index (χ3v) is 1.61. The number of nitrogens with zero attached hydrogens (tertiary/aromatic N) is 2. The molecule has 0 amide bonds. The largest absolute Gasteiger partial charge is 0.301 e. The molecule has 0 radical (unpaired) electrons. The molecular weight excluding hydrogens is 178 g/mol. The topological polar surface area (TPSA) is 47.0 Å². The Morgan fingerprint density at radius 1 is 1.50 bits per heavy atom. The summed E-state index contributed by atoms with van der Waals surface area (Å²) in [4.78, 5) is 13.5. The summed E-state index contributed by atoms with van der Waals surface area (Å²) in [6.45, 7) is 7.42. The van der Waals surface area contributed by atoms with Crippen molar-refractivity contribution in [1.82, 2.24) is 15.4 Å². The van der Waals surface area contributed by atoms with Gasteiger partial charge in [-0.2, -0.15) is 5.48 Å². The van der Waals surface area contributed by atoms with Crippen LogP contribution >= 0.6 is 0 Å². The molecule has 0 aromatic carbocycles. The van der Waals surface area contributed by atoms with Crippen molar-refractivity contribution in [2.45, 2.75) is 27.3 Å². The van der Waals surface area contributed by atoms with Crippen LogP contribution in [0, 0.1) is 12.8 Å². The molecule has 0 aliphatic heterocycles. The lowest BCUT2D eigenvalue weighted by Gasteiger charge is -2.07. The minimum atomic E-state index is 0.537. The van der Waals surface area contributed by atoms with E-state index < -0.39 is 0 Å². The monoisotopic (exact) mass is 195 g/mol. The lowest BCUT2D eigenvalue weighted by atomic mass is 10.2. The minimum Gasteiger partial charge on any atom is -0.301 e. The molecule has 0 saturated carbocycles. The summed E-state index contributed by atoms with van der Waals surface area (Å²) in [6.07, 6.45) is 1.75. The Morgan fingerprint density at radius 3 is 2.93 bits per heavy atom. The Balaban J connectivity index is 2.25. The van der Waals surface area contributed by atoms with Crippen molar-refractivity contribution in [2.75, 3.05) is 6.61 Å². The first-order valence-electron chi connectivity index (χ1n) is 4.81. The minimum absolute atomic E-state index is 0.537. The molecule has 4 nitrogen and oxygen atoms in total. The van der Waals surface area contributed by atoms with Gasteiger partial charge in [-0.05, 0) is 18.9 Å². The fourth-order valence-electron chi connectivity index (χ4n) is 0.954. The molecule has 0 spiro atoms. The Bertz CT molecular complexity index is 276. The van der Waals surface area contributed by atoms with Crippen molar-refractivity contribution in [3.63, 3.8) is 0 Å². The number of rotatable bonds is 5. The van der Waals surface area contributed by atoms with E-state index in [4.69, 9.17) is 4.84 Å². The summed E-state index contributed by atoms with van der Waals surface area (Å²) < 4.78 is 0. The average molecular weight is 195 g/mol. The SMILES string of the molecule is Cc1nccc(CNOCC(C)C)n1. The average Bonchev–Trinajstić information content (AvgIpc) is 2.12. The second-order valence-electron chi connectivity index (χ2n) is 3.62. The first-order valence-corrected chi connectivity index (χ1v) is 4.81. The lowest BCUT2D eigenvalue weighted by Crippen LogP contribution is -2.18. The highest BCUT2D eigenvalue weighted by Crippen LogP contribution is 1.95. The number of hydroxylamine groups is 1. The van der Waals surface area contributed by atoms with Crippen molar-refractivity contribution < 1.29 is 4.84 Å². The van der Waals surface area contributed by atoms with Crippen LogP contribution < -0.4 is 5.48 Å². The van der Waals surface area contributed by atoms with Crippen molar-refractivity contribution in [1.29, 1.82) is 0 Å². The van der Waals surface area contributed by atoms with Crippen molar-refractivity contribution in [2.24, 2.45) is 5.92 Å². The molecule has 0 saturated heterocycles. The summed E-state index contributed by atoms with van der Waals surface area (Å²) in [5.74, 6) is 1.32. The highest BCUT2D eigenvalue weighted by atomic mass is 16.6. The van der Waals surface area contributed by atoms with E-state index in [1.807, 2.05) is 13.0 Å². The molecule has 1 aromatic rings. The van der Waals surface area contributed by atoms with Gasteiger partial charge in [0.15, 0.2) is 0 Å². The van der Waals surface area contributed by atoms with E-state index in [1.54, 1.807) is 6.20 Å². The maximum atomic E-state index is 5.23. The van der Waals surface area contributed by atoms with Gasteiger partial charge in [0.05, 0.1) is 18.8 Å². The molecule has 78 valence electrons. The van der Waals surface area contributed by atoms with Crippen molar-refractivity contribution in [3.05, 3.63) is 23.8 Å². The van der Waals surface area contributed by atoms with Crippen molar-refractivity contribution in [3.8, 4) is 0 Å². The van der Waals surface area contributed by atoms with Crippen LogP contribution in [0.25, 0.3) is 0 Å². The van der Waals surface area contributed by atoms with Gasteiger partial charge in [-0.15, -0.1) is 0 Å². The summed E-state index contributed by atoms with van der Waals surface area (Å²) in [6, 6.07) is 1.87. The number of aryl methyl sites for hydroxylation is 1. The highest BCUT2D eigenvalue weighted by molar-refractivity contribution is 5.00. The number of hydrogen-bond acceptors (Lipinski definition) is 4. The van der Waals surface area contributed by atoms with Crippen LogP contribution in [-0.2, 0) is 11.4 Å². The summed E-state index contributed by atoms with van der Waals surface area (Å²) in [5.41, 5.74) is 3.82. The van der Waals surface area contributed by atoms with Gasteiger partial charge in [-0.3, -0.25) is 0 Å². The molecule has 1 aromatic heterocycles. The molecule has 14 heavy (non-hydrogen) atoms. The lowest BCUT2D eigenvalue weighted by molar-refractivity contribution is 0.0190. The number of nitrogens with one attached hydrogen (secondary N) is 1. The number of aromatic nitrogens is 2. The normalized spacial score (nSPS) is 10.9. The fourth-order valence-corrected chi connectivity index (χ4v) is 0.954. The molecule has 1 rings (SSSR count). The van der Waals surface area contributed by atoms with E-state index in [-0.39, 0.29) is 0 Å². The van der Waals surface area contributed by atoms with E-state index >= 15 is 0 Å². The van der Waals surface area contributed by atoms with Gasteiger partial charge in [-0.25, -0.2) is 9.97 Å². The molecule has 1 N–H and O–H groups in total. The van der Waals surface area contributed by atoms with Crippen molar-refractivity contribution >= 4 is 0 Å². The van der Waals surface area contributed by atoms with E-state index in [0.29, 0.717) is 19.1 Å². The van der Waals surface area contributed by atoms with Crippen LogP contribution in [0.15, 0.2) is 12.3 Å². The molecule has 4 heteroatoms. The standard InChI is InChI=1S/C10H17N3O/c1-8(2)7-14-12-6-10-4-5-11-9(3)13-10/h4-5,8,12H,6-7H2,1-3H3. The van der Waals surface area contributed by atoms with Crippen LogP contribution in [0.4, 0.5) is 0 Å². The van der Waals surface area contributed by atoms with Crippen LogP contribution in [-0.4, -0.2) is 16.6 Å². The van der Waals surface area contributed by atoms with Gasteiger partial charge in [-0.1, -0.05) is 13.8 Å². The zero-order valence-electron chi connectivity index (χ0n) is 8.95. The highest BCUT2D eigenvalue weighted by Gasteiger charge is 1.96. The second-order valence-corrected chi connectivity index (χ2v) is 3.62. The van der Waals surface area contributed by atoms with Crippen LogP contribution in [0.5, 0.6) is 0 Å². The van der Waals surface area contributed by atoms with Gasteiger partial charge in [0.25, 0.3) is 0 Å². The van der Waals surface area contributed by atoms with Crippen LogP contribution in [0.1, 0.15) is 25.4 Å². The third kappa shape index (κ3) is 4.30. The molecular formula is C10H17N3O. The molecule has 0 aliphatic rings. The quantitative estimate of drug-likeness (QED) is 0.571. The molecule has 0 atom stereocenters. The summed E-state index contributed by atoms with van der Waals surface area (Å²) in [5, 5.41) is 0. The van der Waals surface area contributed by atoms with E-state index in [9.17, 15) is 0 Å². The number of hydrogen-bond donors (Lipinski definition) is 1. The molecule has 0 aliphatic carbocycles. The van der Waals surface area contributed by atoms with Gasteiger partial charge in [0, 0.05) is 6.20 Å². The van der Waals surface area contributed by atoms with E-state index in [0.717, 1.165) is 11.5 Å². The zero-order valence-corrected chi connectivity index (χ0v) is 8.95. The maximum Gasteiger partial charge on any atom is 0.125 e. The summed E-state index contributed by atoms with van der Waals surface area (Å²) in [7, 11) is 0. The van der Waals surface area contributed by atoms with Gasteiger partial charge < -0.3 is 4.84 Å². The molecule has 0 unspecified atom stereocenters. The molecule has 0 fully saturated rings.